The molecule has 1 heterocycles. The van der Waals surface area contributed by atoms with E-state index < -0.39 is 0 Å². The molecule has 0 unspecified atom stereocenters. The van der Waals surface area contributed by atoms with Crippen molar-refractivity contribution in [2.24, 2.45) is 0 Å². The van der Waals surface area contributed by atoms with Gasteiger partial charge < -0.3 is 10.1 Å². The number of hydrogen-bond donors (Lipinski definition) is 1. The van der Waals surface area contributed by atoms with E-state index >= 15 is 0 Å². The van der Waals surface area contributed by atoms with Gasteiger partial charge in [-0.2, -0.15) is 4.98 Å². The quantitative estimate of drug-likeness (QED) is 0.880. The third kappa shape index (κ3) is 3.20. The van der Waals surface area contributed by atoms with E-state index in [2.05, 4.69) is 10.3 Å². The second-order valence-corrected chi connectivity index (χ2v) is 3.83. The van der Waals surface area contributed by atoms with E-state index in [1.807, 2.05) is 18.2 Å². The first kappa shape index (κ1) is 12.4. The molecule has 2 rings (SSSR count). The minimum absolute atomic E-state index is 0.169. The first-order valence-electron chi connectivity index (χ1n) is 5.78. The zero-order valence-electron chi connectivity index (χ0n) is 10.2. The molecule has 0 spiro atoms. The molecule has 4 heteroatoms. The van der Waals surface area contributed by atoms with Crippen molar-refractivity contribution in [3.8, 4) is 5.88 Å². The summed E-state index contributed by atoms with van der Waals surface area (Å²) >= 11 is 0. The molecule has 0 aliphatic rings. The highest BCUT2D eigenvalue weighted by molar-refractivity contribution is 5.37. The summed E-state index contributed by atoms with van der Waals surface area (Å²) in [7, 11) is 1.57. The standard InChI is InChI=1S/C14H15FN2O/c1-18-14-8-4-7-13(17-14)16-10-9-11-5-2-3-6-12(11)15/h2-8H,9-10H2,1H3,(H,16,17). The molecule has 0 amide bonds. The van der Waals surface area contributed by atoms with Crippen LogP contribution in [0, 0.1) is 5.82 Å². The number of methoxy groups -OCH3 is 1. The Morgan fingerprint density at radius 1 is 1.17 bits per heavy atom. The lowest BCUT2D eigenvalue weighted by Crippen LogP contribution is -2.07. The first-order valence-corrected chi connectivity index (χ1v) is 5.78. The molecular weight excluding hydrogens is 231 g/mol. The number of hydrogen-bond acceptors (Lipinski definition) is 3. The van der Waals surface area contributed by atoms with E-state index in [0.717, 1.165) is 5.82 Å². The third-order valence-corrected chi connectivity index (χ3v) is 2.59. The van der Waals surface area contributed by atoms with Gasteiger partial charge >= 0.3 is 0 Å². The van der Waals surface area contributed by atoms with Crippen LogP contribution in [0.5, 0.6) is 5.88 Å². The van der Waals surface area contributed by atoms with E-state index in [1.165, 1.54) is 6.07 Å². The van der Waals surface area contributed by atoms with E-state index in [9.17, 15) is 4.39 Å². The predicted molar refractivity (Wildman–Crippen MR) is 69.4 cm³/mol. The Morgan fingerprint density at radius 2 is 2.00 bits per heavy atom. The van der Waals surface area contributed by atoms with Gasteiger partial charge in [-0.1, -0.05) is 24.3 Å². The van der Waals surface area contributed by atoms with Crippen LogP contribution in [0.2, 0.25) is 0 Å². The molecule has 1 N–H and O–H groups in total. The van der Waals surface area contributed by atoms with Crippen LogP contribution in [-0.2, 0) is 6.42 Å². The van der Waals surface area contributed by atoms with Crippen molar-refractivity contribution in [2.75, 3.05) is 19.0 Å². The summed E-state index contributed by atoms with van der Waals surface area (Å²) in [5, 5.41) is 3.14. The molecule has 0 atom stereocenters. The summed E-state index contributed by atoms with van der Waals surface area (Å²) in [6, 6.07) is 12.3. The van der Waals surface area contributed by atoms with E-state index in [1.54, 1.807) is 25.3 Å². The number of aromatic nitrogens is 1. The Kier molecular flexibility index (Phi) is 4.12. The lowest BCUT2D eigenvalue weighted by molar-refractivity contribution is 0.398. The predicted octanol–water partition coefficient (Wildman–Crippen LogP) is 2.88. The van der Waals surface area contributed by atoms with Gasteiger partial charge in [0.05, 0.1) is 7.11 Å². The van der Waals surface area contributed by atoms with Gasteiger partial charge in [0.2, 0.25) is 5.88 Å². The number of anilines is 1. The molecule has 2 aromatic rings. The fourth-order valence-electron chi connectivity index (χ4n) is 1.65. The zero-order chi connectivity index (χ0) is 12.8. The second kappa shape index (κ2) is 6.00. The Bertz CT molecular complexity index is 517. The fourth-order valence-corrected chi connectivity index (χ4v) is 1.65. The van der Waals surface area contributed by atoms with Crippen molar-refractivity contribution in [3.63, 3.8) is 0 Å². The zero-order valence-corrected chi connectivity index (χ0v) is 10.2. The van der Waals surface area contributed by atoms with Gasteiger partial charge in [0, 0.05) is 12.6 Å². The smallest absolute Gasteiger partial charge is 0.214 e. The number of benzene rings is 1. The molecule has 0 saturated heterocycles. The summed E-state index contributed by atoms with van der Waals surface area (Å²) in [6.07, 6.45) is 0.617. The first-order chi connectivity index (χ1) is 8.79. The van der Waals surface area contributed by atoms with Gasteiger partial charge in [-0.15, -0.1) is 0 Å². The molecule has 94 valence electrons. The van der Waals surface area contributed by atoms with Gasteiger partial charge in [0.1, 0.15) is 11.6 Å². The van der Waals surface area contributed by atoms with Crippen LogP contribution >= 0.6 is 0 Å². The molecular formula is C14H15FN2O. The Balaban J connectivity index is 1.90. The van der Waals surface area contributed by atoms with E-state index in [0.29, 0.717) is 24.4 Å². The van der Waals surface area contributed by atoms with Crippen LogP contribution in [0.15, 0.2) is 42.5 Å². The van der Waals surface area contributed by atoms with E-state index in [-0.39, 0.29) is 5.82 Å². The highest BCUT2D eigenvalue weighted by Gasteiger charge is 2.01. The molecule has 18 heavy (non-hydrogen) atoms. The van der Waals surface area contributed by atoms with Crippen LogP contribution in [0.3, 0.4) is 0 Å². The number of pyridine rings is 1. The lowest BCUT2D eigenvalue weighted by atomic mass is 10.1. The Labute approximate surface area is 106 Å². The van der Waals surface area contributed by atoms with Crippen LogP contribution in [0.1, 0.15) is 5.56 Å². The van der Waals surface area contributed by atoms with Gasteiger partial charge in [-0.3, -0.25) is 0 Å². The number of ether oxygens (including phenoxy) is 1. The Morgan fingerprint density at radius 3 is 2.78 bits per heavy atom. The molecule has 0 aliphatic carbocycles. The number of nitrogens with one attached hydrogen (secondary N) is 1. The van der Waals surface area contributed by atoms with Gasteiger partial charge in [-0.25, -0.2) is 4.39 Å². The number of halogens is 1. The largest absolute Gasteiger partial charge is 0.481 e. The lowest BCUT2D eigenvalue weighted by Gasteiger charge is -2.07. The topological polar surface area (TPSA) is 34.1 Å². The maximum atomic E-state index is 13.4. The SMILES string of the molecule is COc1cccc(NCCc2ccccc2F)n1. The molecule has 0 bridgehead atoms. The van der Waals surface area contributed by atoms with Gasteiger partial charge in [-0.05, 0) is 24.1 Å². The molecule has 1 aromatic heterocycles. The van der Waals surface area contributed by atoms with Gasteiger partial charge in [0.15, 0.2) is 0 Å². The third-order valence-electron chi connectivity index (χ3n) is 2.59. The minimum atomic E-state index is -0.169. The van der Waals surface area contributed by atoms with Crippen molar-refractivity contribution < 1.29 is 9.13 Å². The molecule has 0 aliphatic heterocycles. The summed E-state index contributed by atoms with van der Waals surface area (Å²) in [6.45, 7) is 0.626. The second-order valence-electron chi connectivity index (χ2n) is 3.83. The number of nitrogens with zero attached hydrogens (tertiary/aromatic N) is 1. The number of rotatable bonds is 5. The molecule has 0 radical (unpaired) electrons. The Hall–Kier alpha value is -2.10. The minimum Gasteiger partial charge on any atom is -0.481 e. The molecule has 0 saturated carbocycles. The summed E-state index contributed by atoms with van der Waals surface area (Å²) in [5.74, 6) is 1.12. The van der Waals surface area contributed by atoms with Crippen LogP contribution in [0.25, 0.3) is 0 Å². The van der Waals surface area contributed by atoms with Crippen LogP contribution in [0.4, 0.5) is 10.2 Å². The summed E-state index contributed by atoms with van der Waals surface area (Å²) in [5.41, 5.74) is 0.702. The van der Waals surface area contributed by atoms with Crippen LogP contribution < -0.4 is 10.1 Å². The normalized spacial score (nSPS) is 10.1. The van der Waals surface area contributed by atoms with Crippen molar-refractivity contribution in [3.05, 3.63) is 53.8 Å². The highest BCUT2D eigenvalue weighted by Crippen LogP contribution is 2.11. The van der Waals surface area contributed by atoms with Crippen LogP contribution in [-0.4, -0.2) is 18.6 Å². The van der Waals surface area contributed by atoms with Crippen molar-refractivity contribution in [1.29, 1.82) is 0 Å². The summed E-state index contributed by atoms with van der Waals surface area (Å²) < 4.78 is 18.4. The maximum absolute atomic E-state index is 13.4. The van der Waals surface area contributed by atoms with Crippen molar-refractivity contribution in [1.82, 2.24) is 4.98 Å². The van der Waals surface area contributed by atoms with Gasteiger partial charge in [0.25, 0.3) is 0 Å². The summed E-state index contributed by atoms with van der Waals surface area (Å²) in [4.78, 5) is 4.22. The molecule has 1 aromatic carbocycles. The van der Waals surface area contributed by atoms with E-state index in [4.69, 9.17) is 4.74 Å². The van der Waals surface area contributed by atoms with Crippen molar-refractivity contribution >= 4 is 5.82 Å². The average Bonchev–Trinajstić information content (AvgIpc) is 2.41. The monoisotopic (exact) mass is 246 g/mol. The molecule has 3 nitrogen and oxygen atoms in total. The average molecular weight is 246 g/mol. The maximum Gasteiger partial charge on any atom is 0.214 e. The van der Waals surface area contributed by atoms with Crippen molar-refractivity contribution in [2.45, 2.75) is 6.42 Å². The highest BCUT2D eigenvalue weighted by atomic mass is 19.1. The fraction of sp³-hybridized carbons (Fsp3) is 0.214. The molecule has 0 fully saturated rings.